The van der Waals surface area contributed by atoms with Gasteiger partial charge in [-0.25, -0.2) is 0 Å². The number of non-ortho nitro benzene ring substituents is 1. The maximum Gasteiger partial charge on any atom is 0.300 e. The normalized spacial score (nSPS) is 10.4. The predicted octanol–water partition coefficient (Wildman–Crippen LogP) is 1.85. The van der Waals surface area contributed by atoms with Crippen LogP contribution in [-0.2, 0) is 0 Å². The van der Waals surface area contributed by atoms with Gasteiger partial charge in [-0.1, -0.05) is 13.8 Å². The molecule has 25 heavy (non-hydrogen) atoms. The Bertz CT molecular complexity index is 643. The number of nitro groups is 2. The van der Waals surface area contributed by atoms with Crippen molar-refractivity contribution in [2.45, 2.75) is 26.7 Å². The fourth-order valence-electron chi connectivity index (χ4n) is 2.49. The SMILES string of the molecule is CCCN(CCC)c1c(C(=O)NCCO)cc([N+](=O)[O-])cc1[N+](=O)[O-]. The van der Waals surface area contributed by atoms with Crippen molar-refractivity contribution in [3.8, 4) is 0 Å². The molecule has 0 aliphatic carbocycles. The summed E-state index contributed by atoms with van der Waals surface area (Å²) in [5, 5.41) is 33.8. The van der Waals surface area contributed by atoms with Crippen LogP contribution in [0.5, 0.6) is 0 Å². The summed E-state index contributed by atoms with van der Waals surface area (Å²) in [4.78, 5) is 35.2. The number of aliphatic hydroxyl groups is 1. The van der Waals surface area contributed by atoms with E-state index in [1.807, 2.05) is 13.8 Å². The summed E-state index contributed by atoms with van der Waals surface area (Å²) < 4.78 is 0. The van der Waals surface area contributed by atoms with Crippen LogP contribution in [0.15, 0.2) is 12.1 Å². The van der Waals surface area contributed by atoms with Crippen LogP contribution >= 0.6 is 0 Å². The van der Waals surface area contributed by atoms with Crippen LogP contribution in [-0.4, -0.2) is 47.1 Å². The third kappa shape index (κ3) is 5.11. The number of carbonyl (C=O) groups is 1. The molecule has 1 aromatic rings. The minimum Gasteiger partial charge on any atom is -0.395 e. The Morgan fingerprint density at radius 1 is 1.16 bits per heavy atom. The second-order valence-corrected chi connectivity index (χ2v) is 5.34. The van der Waals surface area contributed by atoms with Gasteiger partial charge in [-0.05, 0) is 12.8 Å². The Hall–Kier alpha value is -2.75. The van der Waals surface area contributed by atoms with E-state index in [9.17, 15) is 25.0 Å². The molecule has 0 saturated carbocycles. The van der Waals surface area contributed by atoms with Crippen molar-refractivity contribution < 1.29 is 19.7 Å². The third-order valence-electron chi connectivity index (χ3n) is 3.43. The monoisotopic (exact) mass is 354 g/mol. The lowest BCUT2D eigenvalue weighted by Crippen LogP contribution is -2.32. The first-order valence-electron chi connectivity index (χ1n) is 7.98. The lowest BCUT2D eigenvalue weighted by atomic mass is 10.1. The molecule has 1 aromatic carbocycles. The van der Waals surface area contributed by atoms with E-state index in [-0.39, 0.29) is 24.4 Å². The molecule has 1 amide bonds. The molecule has 138 valence electrons. The molecular formula is C15H22N4O6. The summed E-state index contributed by atoms with van der Waals surface area (Å²) in [6.07, 6.45) is 1.37. The van der Waals surface area contributed by atoms with Gasteiger partial charge in [-0.2, -0.15) is 0 Å². The van der Waals surface area contributed by atoms with Crippen molar-refractivity contribution in [2.75, 3.05) is 31.1 Å². The van der Waals surface area contributed by atoms with E-state index in [1.165, 1.54) is 0 Å². The number of hydrogen-bond acceptors (Lipinski definition) is 7. The van der Waals surface area contributed by atoms with Crippen molar-refractivity contribution in [1.82, 2.24) is 5.32 Å². The summed E-state index contributed by atoms with van der Waals surface area (Å²) in [7, 11) is 0. The molecule has 0 unspecified atom stereocenters. The number of rotatable bonds is 10. The van der Waals surface area contributed by atoms with Crippen LogP contribution in [0, 0.1) is 20.2 Å². The number of amides is 1. The summed E-state index contributed by atoms with van der Waals surface area (Å²) in [5.41, 5.74) is -1.09. The highest BCUT2D eigenvalue weighted by atomic mass is 16.6. The number of benzene rings is 1. The van der Waals surface area contributed by atoms with Crippen molar-refractivity contribution in [3.05, 3.63) is 37.9 Å². The molecule has 0 bridgehead atoms. The molecule has 0 aliphatic heterocycles. The molecule has 0 spiro atoms. The van der Waals surface area contributed by atoms with E-state index >= 15 is 0 Å². The molecule has 0 radical (unpaired) electrons. The number of anilines is 1. The lowest BCUT2D eigenvalue weighted by Gasteiger charge is -2.25. The molecule has 10 heteroatoms. The van der Waals surface area contributed by atoms with E-state index < -0.39 is 27.1 Å². The first-order chi connectivity index (χ1) is 11.9. The van der Waals surface area contributed by atoms with Gasteiger partial charge in [0.1, 0.15) is 5.69 Å². The third-order valence-corrected chi connectivity index (χ3v) is 3.43. The summed E-state index contributed by atoms with van der Waals surface area (Å²) in [6, 6.07) is 1.91. The molecule has 0 aliphatic rings. The van der Waals surface area contributed by atoms with Gasteiger partial charge in [0.25, 0.3) is 17.3 Å². The average molecular weight is 354 g/mol. The smallest absolute Gasteiger partial charge is 0.300 e. The van der Waals surface area contributed by atoms with Crippen LogP contribution in [0.25, 0.3) is 0 Å². The van der Waals surface area contributed by atoms with Crippen LogP contribution < -0.4 is 10.2 Å². The number of carbonyl (C=O) groups excluding carboxylic acids is 1. The molecule has 2 N–H and O–H groups in total. The Morgan fingerprint density at radius 3 is 2.20 bits per heavy atom. The number of nitrogens with zero attached hydrogens (tertiary/aromatic N) is 3. The predicted molar refractivity (Wildman–Crippen MR) is 92.0 cm³/mol. The van der Waals surface area contributed by atoms with E-state index in [1.54, 1.807) is 4.90 Å². The van der Waals surface area contributed by atoms with Gasteiger partial charge in [-0.15, -0.1) is 0 Å². The van der Waals surface area contributed by atoms with Crippen molar-refractivity contribution in [3.63, 3.8) is 0 Å². The topological polar surface area (TPSA) is 139 Å². The van der Waals surface area contributed by atoms with E-state index in [0.29, 0.717) is 25.9 Å². The molecule has 0 atom stereocenters. The highest BCUT2D eigenvalue weighted by Crippen LogP contribution is 2.36. The molecular weight excluding hydrogens is 332 g/mol. The van der Waals surface area contributed by atoms with E-state index in [4.69, 9.17) is 5.11 Å². The molecule has 1 rings (SSSR count). The summed E-state index contributed by atoms with van der Waals surface area (Å²) >= 11 is 0. The van der Waals surface area contributed by atoms with E-state index in [2.05, 4.69) is 5.32 Å². The Balaban J connectivity index is 3.63. The zero-order valence-corrected chi connectivity index (χ0v) is 14.2. The van der Waals surface area contributed by atoms with Gasteiger partial charge in [0.15, 0.2) is 0 Å². The molecule has 0 fully saturated rings. The number of nitrogens with one attached hydrogen (secondary N) is 1. The fraction of sp³-hybridized carbons (Fsp3) is 0.533. The maximum atomic E-state index is 12.4. The van der Waals surface area contributed by atoms with Gasteiger partial charge in [0.05, 0.1) is 28.1 Å². The summed E-state index contributed by atoms with van der Waals surface area (Å²) in [6.45, 7) is 4.35. The number of hydrogen-bond donors (Lipinski definition) is 2. The van der Waals surface area contributed by atoms with E-state index in [0.717, 1.165) is 12.1 Å². The Labute approximate surface area is 144 Å². The molecule has 0 heterocycles. The first-order valence-corrected chi connectivity index (χ1v) is 7.98. The molecule has 0 saturated heterocycles. The highest BCUT2D eigenvalue weighted by molar-refractivity contribution is 6.02. The molecule has 10 nitrogen and oxygen atoms in total. The lowest BCUT2D eigenvalue weighted by molar-refractivity contribution is -0.393. The van der Waals surface area contributed by atoms with Gasteiger partial charge >= 0.3 is 0 Å². The van der Waals surface area contributed by atoms with Crippen LogP contribution in [0.4, 0.5) is 17.1 Å². The Kier molecular flexibility index (Phi) is 7.73. The Morgan fingerprint density at radius 2 is 1.76 bits per heavy atom. The largest absolute Gasteiger partial charge is 0.395 e. The second kappa shape index (κ2) is 9.52. The first kappa shape index (κ1) is 20.3. The highest BCUT2D eigenvalue weighted by Gasteiger charge is 2.30. The fourth-order valence-corrected chi connectivity index (χ4v) is 2.49. The average Bonchev–Trinajstić information content (AvgIpc) is 2.58. The van der Waals surface area contributed by atoms with Crippen molar-refractivity contribution in [2.24, 2.45) is 0 Å². The maximum absolute atomic E-state index is 12.4. The van der Waals surface area contributed by atoms with Crippen molar-refractivity contribution in [1.29, 1.82) is 0 Å². The van der Waals surface area contributed by atoms with Crippen LogP contribution in [0.3, 0.4) is 0 Å². The van der Waals surface area contributed by atoms with Crippen LogP contribution in [0.1, 0.15) is 37.0 Å². The van der Waals surface area contributed by atoms with Crippen LogP contribution in [0.2, 0.25) is 0 Å². The van der Waals surface area contributed by atoms with Gasteiger partial charge in [0.2, 0.25) is 0 Å². The molecule has 0 aromatic heterocycles. The zero-order valence-electron chi connectivity index (χ0n) is 14.2. The number of nitro benzene ring substituents is 2. The minimum atomic E-state index is -0.774. The second-order valence-electron chi connectivity index (χ2n) is 5.34. The zero-order chi connectivity index (χ0) is 19.0. The van der Waals surface area contributed by atoms with Crippen molar-refractivity contribution >= 4 is 23.0 Å². The quantitative estimate of drug-likeness (QED) is 0.483. The number of aliphatic hydroxyl groups excluding tert-OH is 1. The van der Waals surface area contributed by atoms with Gasteiger partial charge < -0.3 is 15.3 Å². The van der Waals surface area contributed by atoms with Gasteiger partial charge in [0, 0.05) is 25.7 Å². The van der Waals surface area contributed by atoms with Gasteiger partial charge in [-0.3, -0.25) is 25.0 Å². The standard InChI is InChI=1S/C15H22N4O6/c1-3-6-17(7-4-2)14-12(15(21)16-5-8-20)9-11(18(22)23)10-13(14)19(24)25/h9-10,20H,3-8H2,1-2H3,(H,16,21). The summed E-state index contributed by atoms with van der Waals surface area (Å²) in [5.74, 6) is -0.701. The minimum absolute atomic E-state index is 0.0592.